The van der Waals surface area contributed by atoms with Crippen LogP contribution in [-0.2, 0) is 6.42 Å². The van der Waals surface area contributed by atoms with Crippen molar-refractivity contribution in [1.82, 2.24) is 15.1 Å². The molecule has 6 heteroatoms. The molecule has 2 heterocycles. The lowest BCUT2D eigenvalue weighted by atomic mass is 10.1. The van der Waals surface area contributed by atoms with Gasteiger partial charge in [-0.15, -0.1) is 10.2 Å². The van der Waals surface area contributed by atoms with Gasteiger partial charge in [0.2, 0.25) is 11.8 Å². The van der Waals surface area contributed by atoms with E-state index in [9.17, 15) is 9.59 Å². The van der Waals surface area contributed by atoms with Crippen molar-refractivity contribution in [3.05, 3.63) is 47.2 Å². The largest absolute Gasteiger partial charge is 0.426 e. The summed E-state index contributed by atoms with van der Waals surface area (Å²) in [5, 5.41) is 7.62. The molecule has 0 N–H and O–H groups in total. The Morgan fingerprint density at radius 3 is 2.30 bits per heavy atom. The molecule has 0 atom stereocenters. The normalized spacial score (nSPS) is 13.9. The number of benzene rings is 1. The van der Waals surface area contributed by atoms with E-state index in [1.165, 1.54) is 4.90 Å². The summed E-state index contributed by atoms with van der Waals surface area (Å²) in [4.78, 5) is 25.5. The van der Waals surface area contributed by atoms with E-state index in [-0.39, 0.29) is 11.8 Å². The quantitative estimate of drug-likeness (QED) is 0.789. The van der Waals surface area contributed by atoms with Crippen molar-refractivity contribution >= 4 is 11.8 Å². The number of hydrogen-bond donors (Lipinski definition) is 0. The van der Waals surface area contributed by atoms with Crippen LogP contribution in [0.3, 0.4) is 0 Å². The van der Waals surface area contributed by atoms with Gasteiger partial charge in [-0.3, -0.25) is 14.5 Å². The first-order valence-electron chi connectivity index (χ1n) is 6.41. The number of imide groups is 1. The van der Waals surface area contributed by atoms with Crippen LogP contribution >= 0.6 is 0 Å². The molecule has 1 aliphatic heterocycles. The number of aromatic nitrogens is 2. The Hall–Kier alpha value is -2.50. The van der Waals surface area contributed by atoms with Gasteiger partial charge < -0.3 is 4.42 Å². The third-order valence-corrected chi connectivity index (χ3v) is 3.22. The summed E-state index contributed by atoms with van der Waals surface area (Å²) in [6.07, 6.45) is 1.15. The Morgan fingerprint density at radius 1 is 1.10 bits per heavy atom. The summed E-state index contributed by atoms with van der Waals surface area (Å²) >= 11 is 0. The molecule has 0 fully saturated rings. The Balaban J connectivity index is 1.65. The maximum Gasteiger partial charge on any atom is 0.261 e. The Morgan fingerprint density at radius 2 is 1.75 bits per heavy atom. The van der Waals surface area contributed by atoms with E-state index in [0.29, 0.717) is 42.3 Å². The summed E-state index contributed by atoms with van der Waals surface area (Å²) < 4.78 is 5.25. The van der Waals surface area contributed by atoms with E-state index < -0.39 is 0 Å². The zero-order valence-electron chi connectivity index (χ0n) is 11.0. The van der Waals surface area contributed by atoms with Gasteiger partial charge in [-0.25, -0.2) is 0 Å². The zero-order valence-corrected chi connectivity index (χ0v) is 11.0. The highest BCUT2D eigenvalue weighted by atomic mass is 16.4. The van der Waals surface area contributed by atoms with E-state index in [2.05, 4.69) is 10.2 Å². The Labute approximate surface area is 115 Å². The third kappa shape index (κ3) is 2.09. The van der Waals surface area contributed by atoms with Gasteiger partial charge in [0, 0.05) is 19.9 Å². The smallest absolute Gasteiger partial charge is 0.261 e. The summed E-state index contributed by atoms with van der Waals surface area (Å²) in [6.45, 7) is 2.08. The minimum atomic E-state index is -0.229. The molecule has 20 heavy (non-hydrogen) atoms. The van der Waals surface area contributed by atoms with Crippen LogP contribution in [0.4, 0.5) is 0 Å². The highest BCUT2D eigenvalue weighted by Gasteiger charge is 2.34. The second kappa shape index (κ2) is 4.88. The second-order valence-corrected chi connectivity index (χ2v) is 4.63. The molecule has 2 amide bonds. The molecule has 0 saturated heterocycles. The Bertz CT molecular complexity index is 643. The maximum absolute atomic E-state index is 12.1. The molecule has 1 aliphatic rings. The molecule has 0 bridgehead atoms. The average Bonchev–Trinajstić information content (AvgIpc) is 2.97. The van der Waals surface area contributed by atoms with Crippen LogP contribution in [-0.4, -0.2) is 33.5 Å². The second-order valence-electron chi connectivity index (χ2n) is 4.63. The summed E-state index contributed by atoms with van der Waals surface area (Å²) in [5.74, 6) is 0.583. The van der Waals surface area contributed by atoms with Crippen molar-refractivity contribution in [2.75, 3.05) is 6.54 Å². The van der Waals surface area contributed by atoms with Gasteiger partial charge >= 0.3 is 0 Å². The predicted octanol–water partition coefficient (Wildman–Crippen LogP) is 1.61. The first-order valence-corrected chi connectivity index (χ1v) is 6.41. The third-order valence-electron chi connectivity index (χ3n) is 3.22. The number of carbonyl (C=O) groups is 2. The monoisotopic (exact) mass is 271 g/mol. The number of nitrogens with zero attached hydrogens (tertiary/aromatic N) is 3. The number of hydrogen-bond acceptors (Lipinski definition) is 5. The lowest BCUT2D eigenvalue weighted by Gasteiger charge is -2.12. The molecule has 102 valence electrons. The number of carbonyl (C=O) groups excluding carboxylic acids is 2. The van der Waals surface area contributed by atoms with Gasteiger partial charge in [0.25, 0.3) is 11.8 Å². The molecular weight excluding hydrogens is 258 g/mol. The standard InChI is InChI=1S/C14H13N3O3/c1-9-15-16-12(20-9)7-4-8-17-13(18)10-5-2-3-6-11(10)14(17)19/h2-3,5-6H,4,7-8H2,1H3. The molecule has 1 aromatic heterocycles. The van der Waals surface area contributed by atoms with Crippen LogP contribution in [0.2, 0.25) is 0 Å². The fraction of sp³-hybridized carbons (Fsp3) is 0.286. The maximum atomic E-state index is 12.1. The van der Waals surface area contributed by atoms with Crippen molar-refractivity contribution in [1.29, 1.82) is 0 Å². The van der Waals surface area contributed by atoms with Crippen LogP contribution in [0.5, 0.6) is 0 Å². The molecule has 0 saturated carbocycles. The summed E-state index contributed by atoms with van der Waals surface area (Å²) in [5.41, 5.74) is 0.956. The minimum Gasteiger partial charge on any atom is -0.426 e. The van der Waals surface area contributed by atoms with Crippen molar-refractivity contribution in [3.8, 4) is 0 Å². The highest BCUT2D eigenvalue weighted by Crippen LogP contribution is 2.22. The van der Waals surface area contributed by atoms with Crippen molar-refractivity contribution < 1.29 is 14.0 Å². The average molecular weight is 271 g/mol. The Kier molecular flexibility index (Phi) is 3.06. The van der Waals surface area contributed by atoms with Gasteiger partial charge in [-0.1, -0.05) is 12.1 Å². The SMILES string of the molecule is Cc1nnc(CCCN2C(=O)c3ccccc3C2=O)o1. The van der Waals surface area contributed by atoms with E-state index >= 15 is 0 Å². The van der Waals surface area contributed by atoms with E-state index in [1.807, 2.05) is 0 Å². The van der Waals surface area contributed by atoms with E-state index in [4.69, 9.17) is 4.42 Å². The van der Waals surface area contributed by atoms with E-state index in [1.54, 1.807) is 31.2 Å². The molecule has 0 aliphatic carbocycles. The van der Waals surface area contributed by atoms with Gasteiger partial charge in [0.05, 0.1) is 11.1 Å². The molecule has 0 spiro atoms. The molecular formula is C14H13N3O3. The first kappa shape index (κ1) is 12.5. The van der Waals surface area contributed by atoms with Crippen LogP contribution in [0.1, 0.15) is 38.9 Å². The molecule has 1 aromatic carbocycles. The van der Waals surface area contributed by atoms with Crippen molar-refractivity contribution in [3.63, 3.8) is 0 Å². The molecule has 2 aromatic rings. The minimum absolute atomic E-state index is 0.229. The van der Waals surface area contributed by atoms with Gasteiger partial charge in [0.1, 0.15) is 0 Å². The van der Waals surface area contributed by atoms with E-state index in [0.717, 1.165) is 0 Å². The fourth-order valence-electron chi connectivity index (χ4n) is 2.27. The topological polar surface area (TPSA) is 76.3 Å². The van der Waals surface area contributed by atoms with Crippen LogP contribution in [0.15, 0.2) is 28.7 Å². The lowest BCUT2D eigenvalue weighted by Crippen LogP contribution is -2.30. The van der Waals surface area contributed by atoms with Gasteiger partial charge in [-0.05, 0) is 18.6 Å². The van der Waals surface area contributed by atoms with Gasteiger partial charge in [-0.2, -0.15) is 0 Å². The van der Waals surface area contributed by atoms with Gasteiger partial charge in [0.15, 0.2) is 0 Å². The molecule has 3 rings (SSSR count). The van der Waals surface area contributed by atoms with Crippen LogP contribution < -0.4 is 0 Å². The summed E-state index contributed by atoms with van der Waals surface area (Å²) in [6, 6.07) is 6.87. The van der Waals surface area contributed by atoms with Crippen LogP contribution in [0.25, 0.3) is 0 Å². The first-order chi connectivity index (χ1) is 9.66. The molecule has 6 nitrogen and oxygen atoms in total. The van der Waals surface area contributed by atoms with Crippen molar-refractivity contribution in [2.45, 2.75) is 19.8 Å². The molecule has 0 radical (unpaired) electrons. The van der Waals surface area contributed by atoms with Crippen molar-refractivity contribution in [2.24, 2.45) is 0 Å². The number of rotatable bonds is 4. The predicted molar refractivity (Wildman–Crippen MR) is 69.2 cm³/mol. The highest BCUT2D eigenvalue weighted by molar-refractivity contribution is 6.21. The number of aryl methyl sites for hydroxylation is 2. The molecule has 0 unspecified atom stereocenters. The number of fused-ring (bicyclic) bond motifs is 1. The number of amides is 2. The zero-order chi connectivity index (χ0) is 14.1. The lowest BCUT2D eigenvalue weighted by molar-refractivity contribution is 0.0651. The van der Waals surface area contributed by atoms with Crippen LogP contribution in [0, 0.1) is 6.92 Å². The summed E-state index contributed by atoms with van der Waals surface area (Å²) in [7, 11) is 0. The fourth-order valence-corrected chi connectivity index (χ4v) is 2.27.